The molecule has 0 spiro atoms. The topological polar surface area (TPSA) is 86.7 Å². The number of carboxylic acids is 1. The minimum Gasteiger partial charge on any atom is -0.481 e. The molecule has 35 heavy (non-hydrogen) atoms. The third kappa shape index (κ3) is 4.54. The van der Waals surface area contributed by atoms with Gasteiger partial charge in [-0.2, -0.15) is 0 Å². The summed E-state index contributed by atoms with van der Waals surface area (Å²) in [4.78, 5) is 40.2. The summed E-state index contributed by atoms with van der Waals surface area (Å²) in [6.07, 6.45) is 1.08. The number of hydrogen-bond acceptors (Lipinski definition) is 4. The number of carbonyl (C=O) groups is 3. The van der Waals surface area contributed by atoms with Crippen molar-refractivity contribution in [2.45, 2.75) is 12.8 Å². The maximum atomic E-state index is 13.3. The van der Waals surface area contributed by atoms with Gasteiger partial charge >= 0.3 is 5.97 Å². The van der Waals surface area contributed by atoms with E-state index in [0.29, 0.717) is 42.2 Å². The number of aliphatic carboxylic acids is 1. The highest BCUT2D eigenvalue weighted by Gasteiger charge is 2.46. The van der Waals surface area contributed by atoms with Crippen molar-refractivity contribution >= 4 is 34.9 Å². The quantitative estimate of drug-likeness (QED) is 0.451. The summed E-state index contributed by atoms with van der Waals surface area (Å²) in [5.74, 6) is -2.98. The van der Waals surface area contributed by atoms with Gasteiger partial charge in [-0.05, 0) is 54.2 Å². The number of hydrogen-bond donors (Lipinski definition) is 2. The summed E-state index contributed by atoms with van der Waals surface area (Å²) in [6.45, 7) is 0.625. The average molecular weight is 489 g/mol. The highest BCUT2D eigenvalue weighted by atomic mass is 35.5. The Morgan fingerprint density at radius 3 is 2.29 bits per heavy atom. The number of rotatable bonds is 6. The largest absolute Gasteiger partial charge is 0.481 e. The minimum absolute atomic E-state index is 0.115. The van der Waals surface area contributed by atoms with Crippen molar-refractivity contribution in [3.63, 3.8) is 0 Å². The second kappa shape index (κ2) is 9.55. The second-order valence-electron chi connectivity index (χ2n) is 9.16. The molecule has 178 valence electrons. The van der Waals surface area contributed by atoms with E-state index in [-0.39, 0.29) is 17.6 Å². The van der Waals surface area contributed by atoms with E-state index in [2.05, 4.69) is 5.32 Å². The van der Waals surface area contributed by atoms with E-state index in [4.69, 9.17) is 11.6 Å². The maximum absolute atomic E-state index is 13.3. The van der Waals surface area contributed by atoms with Crippen LogP contribution in [0.15, 0.2) is 72.8 Å². The lowest BCUT2D eigenvalue weighted by atomic mass is 9.84. The van der Waals surface area contributed by atoms with E-state index in [1.165, 1.54) is 0 Å². The molecule has 3 aromatic rings. The Morgan fingerprint density at radius 1 is 0.943 bits per heavy atom. The minimum atomic E-state index is -0.985. The molecule has 0 saturated heterocycles. The molecule has 1 amide bonds. The zero-order valence-corrected chi connectivity index (χ0v) is 19.7. The fraction of sp³-hybridized carbons (Fsp3) is 0.250. The summed E-state index contributed by atoms with van der Waals surface area (Å²) in [7, 11) is 0. The van der Waals surface area contributed by atoms with Crippen LogP contribution >= 0.6 is 11.6 Å². The summed E-state index contributed by atoms with van der Waals surface area (Å²) < 4.78 is 0. The number of nitrogens with zero attached hydrogens (tertiary/aromatic N) is 1. The van der Waals surface area contributed by atoms with Crippen molar-refractivity contribution in [3.05, 3.63) is 88.9 Å². The van der Waals surface area contributed by atoms with Gasteiger partial charge in [0.05, 0.1) is 18.2 Å². The van der Waals surface area contributed by atoms with Crippen molar-refractivity contribution in [3.8, 4) is 11.1 Å². The first kappa shape index (κ1) is 23.1. The molecule has 3 atom stereocenters. The van der Waals surface area contributed by atoms with E-state index >= 15 is 0 Å². The molecule has 5 rings (SSSR count). The number of fused-ring (bicyclic) bond motifs is 1. The van der Waals surface area contributed by atoms with Crippen LogP contribution in [0.4, 0.5) is 5.69 Å². The molecule has 1 aliphatic carbocycles. The van der Waals surface area contributed by atoms with Crippen LogP contribution in [0.1, 0.15) is 33.6 Å². The van der Waals surface area contributed by atoms with E-state index in [1.807, 2.05) is 54.6 Å². The van der Waals surface area contributed by atoms with Gasteiger partial charge in [0.25, 0.3) is 5.91 Å². The van der Waals surface area contributed by atoms with E-state index in [9.17, 15) is 19.5 Å². The number of nitrogens with one attached hydrogen (secondary N) is 1. The summed E-state index contributed by atoms with van der Waals surface area (Å²) in [6, 6.07) is 22.0. The molecule has 1 heterocycles. The zero-order chi connectivity index (χ0) is 24.5. The third-order valence-corrected chi connectivity index (χ3v) is 7.37. The monoisotopic (exact) mass is 488 g/mol. The molecule has 0 aromatic heterocycles. The molecule has 1 fully saturated rings. The Bertz CT molecular complexity index is 1270. The van der Waals surface area contributed by atoms with Crippen LogP contribution in [-0.4, -0.2) is 40.9 Å². The van der Waals surface area contributed by atoms with Gasteiger partial charge < -0.3 is 15.3 Å². The van der Waals surface area contributed by atoms with Crippen LogP contribution in [0, 0.1) is 17.8 Å². The van der Waals surface area contributed by atoms with Crippen LogP contribution in [-0.2, 0) is 4.79 Å². The number of anilines is 1. The molecule has 0 bridgehead atoms. The Morgan fingerprint density at radius 2 is 1.60 bits per heavy atom. The van der Waals surface area contributed by atoms with Gasteiger partial charge in [0.1, 0.15) is 0 Å². The first-order valence-corrected chi connectivity index (χ1v) is 12.1. The van der Waals surface area contributed by atoms with Gasteiger partial charge in [0.15, 0.2) is 5.78 Å². The van der Waals surface area contributed by atoms with Crippen molar-refractivity contribution in [1.29, 1.82) is 0 Å². The van der Waals surface area contributed by atoms with Gasteiger partial charge in [-0.1, -0.05) is 60.1 Å². The van der Waals surface area contributed by atoms with Gasteiger partial charge in [-0.25, -0.2) is 0 Å². The fourth-order valence-electron chi connectivity index (χ4n) is 5.31. The number of para-hydroxylation sites is 1. The molecule has 6 nitrogen and oxygen atoms in total. The number of benzene rings is 3. The molecule has 3 aromatic carbocycles. The highest BCUT2D eigenvalue weighted by Crippen LogP contribution is 2.40. The number of halogens is 1. The molecule has 2 aliphatic rings. The Labute approximate surface area is 208 Å². The molecule has 3 unspecified atom stereocenters. The van der Waals surface area contributed by atoms with Crippen molar-refractivity contribution < 1.29 is 19.5 Å². The van der Waals surface area contributed by atoms with E-state index in [0.717, 1.165) is 16.8 Å². The van der Waals surface area contributed by atoms with Crippen LogP contribution in [0.25, 0.3) is 11.1 Å². The van der Waals surface area contributed by atoms with Crippen molar-refractivity contribution in [2.24, 2.45) is 17.8 Å². The smallest absolute Gasteiger partial charge is 0.307 e. The first-order valence-electron chi connectivity index (χ1n) is 11.7. The number of ketones is 1. The molecule has 1 saturated carbocycles. The molecule has 7 heteroatoms. The predicted molar refractivity (Wildman–Crippen MR) is 135 cm³/mol. The lowest BCUT2D eigenvalue weighted by Crippen LogP contribution is -2.44. The predicted octanol–water partition coefficient (Wildman–Crippen LogP) is 5.44. The zero-order valence-electron chi connectivity index (χ0n) is 19.0. The average Bonchev–Trinajstić information content (AvgIpc) is 3.30. The summed E-state index contributed by atoms with van der Waals surface area (Å²) in [5, 5.41) is 13.9. The number of Topliss-reactive ketones (excluding diaryl/α,β-unsaturated/α-hetero) is 1. The van der Waals surface area contributed by atoms with Gasteiger partial charge in [0.2, 0.25) is 0 Å². The molecule has 2 N–H and O–H groups in total. The molecular formula is C28H25ClN2O4. The van der Waals surface area contributed by atoms with Gasteiger partial charge in [-0.15, -0.1) is 0 Å². The second-order valence-corrected chi connectivity index (χ2v) is 9.60. The van der Waals surface area contributed by atoms with E-state index < -0.39 is 17.8 Å². The molecule has 0 radical (unpaired) electrons. The molecule has 1 aliphatic heterocycles. The number of carboxylic acid groups (broad SMARTS) is 1. The van der Waals surface area contributed by atoms with Gasteiger partial charge in [-0.3, -0.25) is 14.4 Å². The SMILES string of the molecule is O=C(c1ccc(-c2ccc(Cl)cc2)cc1)C1CCC(CN2CNc3ccccc3C2=O)C1C(=O)O. The third-order valence-electron chi connectivity index (χ3n) is 7.12. The lowest BCUT2D eigenvalue weighted by Gasteiger charge is -2.33. The van der Waals surface area contributed by atoms with Crippen LogP contribution in [0.5, 0.6) is 0 Å². The first-order chi connectivity index (χ1) is 16.9. The number of carbonyl (C=O) groups excluding carboxylic acids is 2. The summed E-state index contributed by atoms with van der Waals surface area (Å²) in [5.41, 5.74) is 3.80. The maximum Gasteiger partial charge on any atom is 0.307 e. The van der Waals surface area contributed by atoms with E-state index in [1.54, 1.807) is 23.1 Å². The Kier molecular flexibility index (Phi) is 6.31. The normalized spacial score (nSPS) is 21.3. The standard InChI is InChI=1S/C28H25ClN2O4/c29-21-12-9-18(10-13-21)17-5-7-19(8-6-17)26(32)23-14-11-20(25(23)28(34)35)15-31-16-30-24-4-2-1-3-22(24)27(31)33/h1-10,12-13,20,23,25,30H,11,14-16H2,(H,34,35). The van der Waals surface area contributed by atoms with Crippen molar-refractivity contribution in [1.82, 2.24) is 4.90 Å². The van der Waals surface area contributed by atoms with Gasteiger partial charge in [0, 0.05) is 28.7 Å². The lowest BCUT2D eigenvalue weighted by molar-refractivity contribution is -0.144. The Hall–Kier alpha value is -3.64. The highest BCUT2D eigenvalue weighted by molar-refractivity contribution is 6.30. The summed E-state index contributed by atoms with van der Waals surface area (Å²) >= 11 is 5.96. The number of amides is 1. The van der Waals surface area contributed by atoms with Crippen LogP contribution < -0.4 is 5.32 Å². The molecular weight excluding hydrogens is 464 g/mol. The fourth-order valence-corrected chi connectivity index (χ4v) is 5.44. The Balaban J connectivity index is 1.31. The van der Waals surface area contributed by atoms with Crippen LogP contribution in [0.3, 0.4) is 0 Å². The van der Waals surface area contributed by atoms with Crippen molar-refractivity contribution in [2.75, 3.05) is 18.5 Å². The van der Waals surface area contributed by atoms with Crippen LogP contribution in [0.2, 0.25) is 5.02 Å².